The molecule has 0 atom stereocenters. The van der Waals surface area contributed by atoms with E-state index in [0.717, 1.165) is 11.1 Å². The van der Waals surface area contributed by atoms with Crippen LogP contribution >= 0.6 is 0 Å². The van der Waals surface area contributed by atoms with Crippen molar-refractivity contribution in [1.29, 1.82) is 5.26 Å². The minimum atomic E-state index is -0.409. The van der Waals surface area contributed by atoms with Crippen molar-refractivity contribution in [3.05, 3.63) is 107 Å². The molecule has 0 spiro atoms. The van der Waals surface area contributed by atoms with Crippen molar-refractivity contribution in [2.75, 3.05) is 7.11 Å². The predicted molar refractivity (Wildman–Crippen MR) is 118 cm³/mol. The molecule has 0 aromatic heterocycles. The molecule has 3 rings (SSSR count). The Morgan fingerprint density at radius 3 is 2.48 bits per heavy atom. The molecule has 31 heavy (non-hydrogen) atoms. The first kappa shape index (κ1) is 21.8. The zero-order valence-electron chi connectivity index (χ0n) is 17.1. The molecule has 0 N–H and O–H groups in total. The van der Waals surface area contributed by atoms with E-state index in [2.05, 4.69) is 12.6 Å². The quantitative estimate of drug-likeness (QED) is 0.244. The molecule has 0 aliphatic carbocycles. The molecular weight excluding hydrogens is 396 g/mol. The molecule has 0 amide bonds. The second-order valence-corrected chi connectivity index (χ2v) is 6.80. The van der Waals surface area contributed by atoms with Gasteiger partial charge in [0.2, 0.25) is 0 Å². The van der Waals surface area contributed by atoms with Crippen LogP contribution in [-0.2, 0) is 13.0 Å². The fourth-order valence-electron chi connectivity index (χ4n) is 3.13. The number of allylic oxidation sites excluding steroid dienone is 2. The zero-order chi connectivity index (χ0) is 22.2. The van der Waals surface area contributed by atoms with Crippen LogP contribution in [0.25, 0.3) is 11.6 Å². The van der Waals surface area contributed by atoms with Gasteiger partial charge < -0.3 is 9.47 Å². The van der Waals surface area contributed by atoms with E-state index in [-0.39, 0.29) is 12.4 Å². The normalized spacial score (nSPS) is 11.0. The molecule has 0 unspecified atom stereocenters. The van der Waals surface area contributed by atoms with Crippen LogP contribution in [0, 0.1) is 23.0 Å². The van der Waals surface area contributed by atoms with Crippen molar-refractivity contribution in [1.82, 2.24) is 0 Å². The number of benzene rings is 3. The minimum absolute atomic E-state index is 0.239. The number of hydrogen-bond donors (Lipinski definition) is 0. The van der Waals surface area contributed by atoms with Crippen molar-refractivity contribution in [2.24, 2.45) is 0 Å². The van der Waals surface area contributed by atoms with E-state index in [1.165, 1.54) is 31.4 Å². The van der Waals surface area contributed by atoms with Crippen LogP contribution in [0.15, 0.2) is 73.3 Å². The first-order valence-electron chi connectivity index (χ1n) is 9.61. The second kappa shape index (κ2) is 10.2. The summed E-state index contributed by atoms with van der Waals surface area (Å²) in [6, 6.07) is 17.7. The Labute approximate surface area is 180 Å². The van der Waals surface area contributed by atoms with Gasteiger partial charge in [-0.1, -0.05) is 30.3 Å². The Bertz CT molecular complexity index is 1150. The fraction of sp³-hybridized carbons (Fsp3) is 0.115. The third-order valence-electron chi connectivity index (χ3n) is 4.60. The molecule has 156 valence electrons. The zero-order valence-corrected chi connectivity index (χ0v) is 17.1. The van der Waals surface area contributed by atoms with Gasteiger partial charge in [-0.15, -0.1) is 6.58 Å². The molecule has 0 bridgehead atoms. The van der Waals surface area contributed by atoms with Gasteiger partial charge >= 0.3 is 0 Å². The lowest BCUT2D eigenvalue weighted by molar-refractivity contribution is 0.282. The van der Waals surface area contributed by atoms with E-state index >= 15 is 0 Å². The van der Waals surface area contributed by atoms with Gasteiger partial charge in [0.05, 0.1) is 18.8 Å². The van der Waals surface area contributed by atoms with Crippen molar-refractivity contribution in [3.8, 4) is 17.6 Å². The Morgan fingerprint density at radius 1 is 1.06 bits per heavy atom. The van der Waals surface area contributed by atoms with E-state index in [1.54, 1.807) is 42.5 Å². The lowest BCUT2D eigenvalue weighted by atomic mass is 10.0. The van der Waals surface area contributed by atoms with Gasteiger partial charge in [0.25, 0.3) is 0 Å². The molecule has 3 nitrogen and oxygen atoms in total. The lowest BCUT2D eigenvalue weighted by Crippen LogP contribution is -2.02. The van der Waals surface area contributed by atoms with Crippen LogP contribution < -0.4 is 9.47 Å². The summed E-state index contributed by atoms with van der Waals surface area (Å²) >= 11 is 0. The van der Waals surface area contributed by atoms with Crippen LogP contribution in [0.1, 0.15) is 22.3 Å². The maximum atomic E-state index is 13.6. The van der Waals surface area contributed by atoms with Crippen molar-refractivity contribution >= 4 is 11.6 Å². The predicted octanol–water partition coefficient (Wildman–Crippen LogP) is 6.35. The van der Waals surface area contributed by atoms with Gasteiger partial charge in [0, 0.05) is 5.56 Å². The van der Waals surface area contributed by atoms with Gasteiger partial charge in [-0.05, 0) is 65.6 Å². The maximum Gasteiger partial charge on any atom is 0.165 e. The molecule has 0 fully saturated rings. The number of rotatable bonds is 8. The van der Waals surface area contributed by atoms with Crippen LogP contribution in [0.2, 0.25) is 0 Å². The summed E-state index contributed by atoms with van der Waals surface area (Å²) in [7, 11) is 1.53. The van der Waals surface area contributed by atoms with E-state index < -0.39 is 5.82 Å². The molecule has 3 aromatic carbocycles. The summed E-state index contributed by atoms with van der Waals surface area (Å²) in [6.07, 6.45) is 3.93. The highest BCUT2D eigenvalue weighted by atomic mass is 19.1. The highest BCUT2D eigenvalue weighted by Gasteiger charge is 2.13. The van der Waals surface area contributed by atoms with Gasteiger partial charge in [-0.25, -0.2) is 8.78 Å². The maximum absolute atomic E-state index is 13.6. The minimum Gasteiger partial charge on any atom is -0.493 e. The summed E-state index contributed by atoms with van der Waals surface area (Å²) in [5.41, 5.74) is 3.16. The van der Waals surface area contributed by atoms with Crippen molar-refractivity contribution in [3.63, 3.8) is 0 Å². The van der Waals surface area contributed by atoms with Gasteiger partial charge in [0.1, 0.15) is 18.2 Å². The van der Waals surface area contributed by atoms with Gasteiger partial charge in [-0.3, -0.25) is 0 Å². The highest BCUT2D eigenvalue weighted by molar-refractivity contribution is 5.90. The molecule has 0 aliphatic rings. The Hall–Kier alpha value is -3.91. The Kier molecular flexibility index (Phi) is 7.18. The third kappa shape index (κ3) is 5.58. The number of nitriles is 1. The summed E-state index contributed by atoms with van der Waals surface area (Å²) in [4.78, 5) is 0. The summed E-state index contributed by atoms with van der Waals surface area (Å²) in [5, 5.41) is 9.58. The number of ether oxygens (including phenoxy) is 2. The first-order valence-corrected chi connectivity index (χ1v) is 9.61. The summed E-state index contributed by atoms with van der Waals surface area (Å²) < 4.78 is 38.2. The molecule has 5 heteroatoms. The number of halogens is 2. The van der Waals surface area contributed by atoms with Crippen molar-refractivity contribution in [2.45, 2.75) is 13.0 Å². The Morgan fingerprint density at radius 2 is 1.84 bits per heavy atom. The first-order chi connectivity index (χ1) is 15.0. The average molecular weight is 417 g/mol. The third-order valence-corrected chi connectivity index (χ3v) is 4.60. The standard InChI is InChI=1S/C26H21F2NO2/c1-3-5-21-12-19(13-22(16-29)20-6-4-7-24(28)15-20)14-25(30-2)26(21)31-17-18-8-10-23(27)11-9-18/h3-4,6-15H,1,5,17H2,2H3/b22-13-. The van der Waals surface area contributed by atoms with Crippen molar-refractivity contribution < 1.29 is 18.3 Å². The molecule has 3 aromatic rings. The summed E-state index contributed by atoms with van der Waals surface area (Å²) in [6.45, 7) is 4.04. The van der Waals surface area contributed by atoms with E-state index in [9.17, 15) is 14.0 Å². The fourth-order valence-corrected chi connectivity index (χ4v) is 3.13. The number of nitrogens with zero attached hydrogens (tertiary/aromatic N) is 1. The molecule has 0 radical (unpaired) electrons. The number of methoxy groups -OCH3 is 1. The molecule has 0 saturated heterocycles. The molecule has 0 saturated carbocycles. The second-order valence-electron chi connectivity index (χ2n) is 6.80. The smallest absolute Gasteiger partial charge is 0.165 e. The van der Waals surface area contributed by atoms with E-state index in [4.69, 9.17) is 9.47 Å². The van der Waals surface area contributed by atoms with Gasteiger partial charge in [-0.2, -0.15) is 5.26 Å². The summed E-state index contributed by atoms with van der Waals surface area (Å²) in [5.74, 6) is 0.321. The Balaban J connectivity index is 1.97. The largest absolute Gasteiger partial charge is 0.493 e. The van der Waals surface area contributed by atoms with Crippen LogP contribution in [0.5, 0.6) is 11.5 Å². The topological polar surface area (TPSA) is 42.2 Å². The SMILES string of the molecule is C=CCc1cc(/C=C(/C#N)c2cccc(F)c2)cc(OC)c1OCc1ccc(F)cc1. The lowest BCUT2D eigenvalue weighted by Gasteiger charge is -2.16. The average Bonchev–Trinajstić information content (AvgIpc) is 2.77. The van der Waals surface area contributed by atoms with Crippen LogP contribution in [0.4, 0.5) is 8.78 Å². The molecular formula is C26H21F2NO2. The van der Waals surface area contributed by atoms with Gasteiger partial charge in [0.15, 0.2) is 11.5 Å². The highest BCUT2D eigenvalue weighted by Crippen LogP contribution is 2.35. The van der Waals surface area contributed by atoms with E-state index in [0.29, 0.717) is 34.6 Å². The van der Waals surface area contributed by atoms with Crippen LogP contribution in [0.3, 0.4) is 0 Å². The van der Waals surface area contributed by atoms with Crippen LogP contribution in [-0.4, -0.2) is 7.11 Å². The molecule has 0 heterocycles. The molecule has 0 aliphatic heterocycles. The monoisotopic (exact) mass is 417 g/mol. The number of hydrogen-bond acceptors (Lipinski definition) is 3. The van der Waals surface area contributed by atoms with E-state index in [1.807, 2.05) is 6.07 Å².